The Kier molecular flexibility index (Phi) is 4.08. The average Bonchev–Trinajstić information content (AvgIpc) is 2.41. The van der Waals surface area contributed by atoms with Crippen molar-refractivity contribution in [2.24, 2.45) is 0 Å². The monoisotopic (exact) mass is 272 g/mol. The van der Waals surface area contributed by atoms with E-state index in [0.717, 1.165) is 21.7 Å². The molecule has 0 aliphatic heterocycles. The fourth-order valence-corrected chi connectivity index (χ4v) is 2.79. The van der Waals surface area contributed by atoms with Gasteiger partial charge in [0, 0.05) is 16.3 Å². The second-order valence-corrected chi connectivity index (χ2v) is 5.19. The lowest BCUT2D eigenvalue weighted by atomic mass is 10.1. The third-order valence-corrected chi connectivity index (χ3v) is 4.11. The summed E-state index contributed by atoms with van der Waals surface area (Å²) < 4.78 is 13.0. The third kappa shape index (κ3) is 3.07. The van der Waals surface area contributed by atoms with Crippen LogP contribution in [0.2, 0.25) is 0 Å². The topological polar surface area (TPSA) is 49.8 Å². The zero-order valence-corrected chi connectivity index (χ0v) is 11.3. The van der Waals surface area contributed by atoms with Crippen LogP contribution < -0.4 is 5.73 Å². The Bertz CT molecular complexity index is 647. The summed E-state index contributed by atoms with van der Waals surface area (Å²) >= 11 is 1.60. The number of nitrogens with zero attached hydrogens (tertiary/aromatic N) is 1. The van der Waals surface area contributed by atoms with Gasteiger partial charge in [0.15, 0.2) is 0 Å². The minimum absolute atomic E-state index is 0.383. The van der Waals surface area contributed by atoms with Crippen molar-refractivity contribution in [1.82, 2.24) is 0 Å². The maximum atomic E-state index is 13.0. The third-order valence-electron chi connectivity index (χ3n) is 2.90. The first-order chi connectivity index (χ1) is 9.11. The maximum Gasteiger partial charge on any atom is 0.124 e. The molecule has 96 valence electrons. The molecular weight excluding hydrogens is 259 g/mol. The van der Waals surface area contributed by atoms with Gasteiger partial charge < -0.3 is 5.73 Å². The van der Waals surface area contributed by atoms with E-state index in [9.17, 15) is 4.39 Å². The first kappa shape index (κ1) is 13.4. The van der Waals surface area contributed by atoms with Crippen LogP contribution in [0.15, 0.2) is 41.3 Å². The SMILES string of the molecule is Cc1c(N)cccc1SCc1ccc(F)cc1C#N. The Morgan fingerprint density at radius 3 is 2.84 bits per heavy atom. The Morgan fingerprint density at radius 1 is 1.32 bits per heavy atom. The lowest BCUT2D eigenvalue weighted by Gasteiger charge is -2.08. The zero-order valence-electron chi connectivity index (χ0n) is 10.5. The van der Waals surface area contributed by atoms with E-state index in [0.29, 0.717) is 11.3 Å². The number of nitriles is 1. The molecule has 2 nitrogen and oxygen atoms in total. The predicted octanol–water partition coefficient (Wildman–Crippen LogP) is 3.88. The van der Waals surface area contributed by atoms with Crippen molar-refractivity contribution in [3.8, 4) is 6.07 Å². The molecule has 0 aliphatic carbocycles. The molecule has 0 amide bonds. The van der Waals surface area contributed by atoms with E-state index in [1.807, 2.05) is 31.2 Å². The molecule has 0 atom stereocenters. The number of nitrogen functional groups attached to an aromatic ring is 1. The van der Waals surface area contributed by atoms with Crippen LogP contribution in [0.25, 0.3) is 0 Å². The van der Waals surface area contributed by atoms with Gasteiger partial charge in [-0.15, -0.1) is 11.8 Å². The van der Waals surface area contributed by atoms with Gasteiger partial charge in [-0.3, -0.25) is 0 Å². The summed E-state index contributed by atoms with van der Waals surface area (Å²) in [7, 11) is 0. The largest absolute Gasteiger partial charge is 0.398 e. The van der Waals surface area contributed by atoms with Crippen molar-refractivity contribution >= 4 is 17.4 Å². The van der Waals surface area contributed by atoms with Gasteiger partial charge in [-0.25, -0.2) is 4.39 Å². The number of benzene rings is 2. The van der Waals surface area contributed by atoms with E-state index >= 15 is 0 Å². The smallest absolute Gasteiger partial charge is 0.124 e. The van der Waals surface area contributed by atoms with Crippen LogP contribution in [-0.4, -0.2) is 0 Å². The first-order valence-corrected chi connectivity index (χ1v) is 6.77. The highest BCUT2D eigenvalue weighted by atomic mass is 32.2. The Morgan fingerprint density at radius 2 is 2.11 bits per heavy atom. The molecule has 2 N–H and O–H groups in total. The van der Waals surface area contributed by atoms with Crippen molar-refractivity contribution in [2.75, 3.05) is 5.73 Å². The second kappa shape index (κ2) is 5.77. The highest BCUT2D eigenvalue weighted by Gasteiger charge is 2.07. The Balaban J connectivity index is 2.20. The number of thioether (sulfide) groups is 1. The summed E-state index contributed by atoms with van der Waals surface area (Å²) in [6, 6.07) is 12.1. The fourth-order valence-electron chi connectivity index (χ4n) is 1.72. The molecule has 4 heteroatoms. The molecule has 0 aliphatic rings. The molecule has 0 radical (unpaired) electrons. The molecule has 0 bridgehead atoms. The van der Waals surface area contributed by atoms with Gasteiger partial charge in [0.1, 0.15) is 5.82 Å². The molecule has 0 fully saturated rings. The summed E-state index contributed by atoms with van der Waals surface area (Å²) in [4.78, 5) is 1.08. The summed E-state index contributed by atoms with van der Waals surface area (Å²) in [6.45, 7) is 1.97. The van der Waals surface area contributed by atoms with Crippen LogP contribution in [0.4, 0.5) is 10.1 Å². The number of rotatable bonds is 3. The van der Waals surface area contributed by atoms with E-state index in [2.05, 4.69) is 0 Å². The normalized spacial score (nSPS) is 10.2. The van der Waals surface area contributed by atoms with Gasteiger partial charge in [-0.05, 0) is 42.3 Å². The van der Waals surface area contributed by atoms with Gasteiger partial charge in [0.25, 0.3) is 0 Å². The number of halogens is 1. The van der Waals surface area contributed by atoms with Crippen LogP contribution in [0.1, 0.15) is 16.7 Å². The Labute approximate surface area is 116 Å². The van der Waals surface area contributed by atoms with Gasteiger partial charge in [-0.2, -0.15) is 5.26 Å². The van der Waals surface area contributed by atoms with Crippen LogP contribution in [0.3, 0.4) is 0 Å². The maximum absolute atomic E-state index is 13.0. The van der Waals surface area contributed by atoms with Crippen molar-refractivity contribution in [3.63, 3.8) is 0 Å². The van der Waals surface area contributed by atoms with Crippen LogP contribution >= 0.6 is 11.8 Å². The highest BCUT2D eigenvalue weighted by molar-refractivity contribution is 7.98. The number of hydrogen-bond donors (Lipinski definition) is 1. The van der Waals surface area contributed by atoms with Crippen LogP contribution in [0, 0.1) is 24.1 Å². The number of hydrogen-bond acceptors (Lipinski definition) is 3. The number of anilines is 1. The molecule has 0 unspecified atom stereocenters. The minimum Gasteiger partial charge on any atom is -0.398 e. The summed E-state index contributed by atoms with van der Waals surface area (Å²) in [6.07, 6.45) is 0. The van der Waals surface area contributed by atoms with E-state index < -0.39 is 0 Å². The van der Waals surface area contributed by atoms with E-state index in [1.54, 1.807) is 17.8 Å². The Hall–Kier alpha value is -1.99. The lowest BCUT2D eigenvalue weighted by Crippen LogP contribution is -1.93. The van der Waals surface area contributed by atoms with E-state index in [4.69, 9.17) is 11.0 Å². The molecule has 19 heavy (non-hydrogen) atoms. The molecule has 2 aromatic rings. The molecular formula is C15H13FN2S. The average molecular weight is 272 g/mol. The van der Waals surface area contributed by atoms with Crippen LogP contribution in [0.5, 0.6) is 0 Å². The molecule has 0 saturated heterocycles. The lowest BCUT2D eigenvalue weighted by molar-refractivity contribution is 0.627. The fraction of sp³-hybridized carbons (Fsp3) is 0.133. The summed E-state index contributed by atoms with van der Waals surface area (Å²) in [5, 5.41) is 8.99. The van der Waals surface area contributed by atoms with Crippen LogP contribution in [-0.2, 0) is 5.75 Å². The molecule has 0 spiro atoms. The van der Waals surface area contributed by atoms with Gasteiger partial charge in [-0.1, -0.05) is 12.1 Å². The van der Waals surface area contributed by atoms with E-state index in [-0.39, 0.29) is 5.82 Å². The standard InChI is InChI=1S/C15H13FN2S/c1-10-14(18)3-2-4-15(10)19-9-11-5-6-13(16)7-12(11)8-17/h2-7H,9,18H2,1H3. The summed E-state index contributed by atoms with van der Waals surface area (Å²) in [5.74, 6) is 0.235. The first-order valence-electron chi connectivity index (χ1n) is 5.78. The molecule has 2 rings (SSSR count). The van der Waals surface area contributed by atoms with Gasteiger partial charge in [0.2, 0.25) is 0 Å². The molecule has 0 heterocycles. The van der Waals surface area contributed by atoms with Crippen molar-refractivity contribution in [2.45, 2.75) is 17.6 Å². The van der Waals surface area contributed by atoms with Crippen molar-refractivity contribution in [3.05, 3.63) is 58.9 Å². The number of nitrogens with two attached hydrogens (primary N) is 1. The molecule has 0 aromatic heterocycles. The van der Waals surface area contributed by atoms with Crippen molar-refractivity contribution in [1.29, 1.82) is 5.26 Å². The van der Waals surface area contributed by atoms with Gasteiger partial charge >= 0.3 is 0 Å². The summed E-state index contributed by atoms with van der Waals surface area (Å²) in [5.41, 5.74) is 8.85. The van der Waals surface area contributed by atoms with Crippen molar-refractivity contribution < 1.29 is 4.39 Å². The highest BCUT2D eigenvalue weighted by Crippen LogP contribution is 2.29. The van der Waals surface area contributed by atoms with Gasteiger partial charge in [0.05, 0.1) is 11.6 Å². The quantitative estimate of drug-likeness (QED) is 0.681. The zero-order chi connectivity index (χ0) is 13.8. The minimum atomic E-state index is -0.384. The predicted molar refractivity (Wildman–Crippen MR) is 76.3 cm³/mol. The molecule has 0 saturated carbocycles. The second-order valence-electron chi connectivity index (χ2n) is 4.17. The van der Waals surface area contributed by atoms with E-state index in [1.165, 1.54) is 12.1 Å². The molecule has 2 aromatic carbocycles.